The number of thiophene rings is 1. The number of hydrogen-bond acceptors (Lipinski definition) is 6. The molecule has 0 saturated heterocycles. The molecule has 7 nitrogen and oxygen atoms in total. The van der Waals surface area contributed by atoms with Crippen molar-refractivity contribution in [3.63, 3.8) is 0 Å². The van der Waals surface area contributed by atoms with Crippen molar-refractivity contribution in [3.05, 3.63) is 28.2 Å². The highest BCUT2D eigenvalue weighted by molar-refractivity contribution is 7.17. The van der Waals surface area contributed by atoms with Gasteiger partial charge in [0.15, 0.2) is 0 Å². The molecular formula is C17H21NO6S. The Balaban J connectivity index is 2.35. The number of carbonyl (C=O) groups excluding carboxylic acids is 2. The van der Waals surface area contributed by atoms with Crippen LogP contribution in [0.1, 0.15) is 41.6 Å². The number of carbonyl (C=O) groups is 3. The van der Waals surface area contributed by atoms with Crippen molar-refractivity contribution >= 4 is 34.2 Å². The zero-order valence-electron chi connectivity index (χ0n) is 14.3. The fraction of sp³-hybridized carbons (Fsp3) is 0.471. The van der Waals surface area contributed by atoms with Crippen LogP contribution in [0.4, 0.5) is 5.00 Å². The minimum absolute atomic E-state index is 0.00858. The molecule has 1 amide bonds. The number of carboxylic acid groups (broad SMARTS) is 1. The molecule has 0 spiro atoms. The van der Waals surface area contributed by atoms with Gasteiger partial charge in [0.05, 0.1) is 24.9 Å². The summed E-state index contributed by atoms with van der Waals surface area (Å²) in [5.41, 5.74) is 1.18. The van der Waals surface area contributed by atoms with Gasteiger partial charge in [0, 0.05) is 23.5 Å². The molecule has 25 heavy (non-hydrogen) atoms. The molecule has 1 aliphatic heterocycles. The predicted octanol–water partition coefficient (Wildman–Crippen LogP) is 2.60. The van der Waals surface area contributed by atoms with E-state index in [4.69, 9.17) is 14.6 Å². The van der Waals surface area contributed by atoms with Crippen molar-refractivity contribution in [2.75, 3.05) is 11.9 Å². The van der Waals surface area contributed by atoms with Gasteiger partial charge in [-0.2, -0.15) is 0 Å². The molecule has 2 rings (SSSR count). The maximum Gasteiger partial charge on any atom is 0.341 e. The zero-order valence-corrected chi connectivity index (χ0v) is 15.1. The molecule has 0 radical (unpaired) electrons. The van der Waals surface area contributed by atoms with Crippen molar-refractivity contribution < 1.29 is 29.0 Å². The van der Waals surface area contributed by atoms with Crippen LogP contribution in [-0.4, -0.2) is 35.7 Å². The number of esters is 1. The molecule has 0 fully saturated rings. The van der Waals surface area contributed by atoms with Gasteiger partial charge in [-0.25, -0.2) is 9.59 Å². The van der Waals surface area contributed by atoms with Crippen LogP contribution in [0, 0.1) is 5.92 Å². The van der Waals surface area contributed by atoms with Gasteiger partial charge >= 0.3 is 11.9 Å². The fourth-order valence-electron chi connectivity index (χ4n) is 2.52. The molecule has 1 aromatic heterocycles. The summed E-state index contributed by atoms with van der Waals surface area (Å²) < 4.78 is 10.9. The summed E-state index contributed by atoms with van der Waals surface area (Å²) in [7, 11) is 0. The van der Waals surface area contributed by atoms with Gasteiger partial charge in [-0.15, -0.1) is 11.3 Å². The highest BCUT2D eigenvalue weighted by Crippen LogP contribution is 2.39. The predicted molar refractivity (Wildman–Crippen MR) is 92.8 cm³/mol. The molecule has 0 aromatic carbocycles. The minimum atomic E-state index is -1.22. The average Bonchev–Trinajstić information content (AvgIpc) is 2.89. The first-order valence-electron chi connectivity index (χ1n) is 7.98. The summed E-state index contributed by atoms with van der Waals surface area (Å²) in [6.45, 7) is 6.40. The van der Waals surface area contributed by atoms with E-state index in [1.54, 1.807) is 6.92 Å². The lowest BCUT2D eigenvalue weighted by molar-refractivity contribution is -0.131. The Morgan fingerprint density at radius 2 is 2.12 bits per heavy atom. The van der Waals surface area contributed by atoms with E-state index in [2.05, 4.69) is 5.32 Å². The van der Waals surface area contributed by atoms with E-state index >= 15 is 0 Å². The molecule has 136 valence electrons. The molecule has 2 heterocycles. The number of aliphatic carboxylic acids is 1. The number of hydrogen-bond donors (Lipinski definition) is 2. The van der Waals surface area contributed by atoms with Crippen LogP contribution in [0.5, 0.6) is 0 Å². The normalized spacial score (nSPS) is 16.7. The standard InChI is InChI=1S/C17H21NO6S/c1-4-23-17(22)15-10-7-11(9(2)3)24-8-12(10)25-16(15)18-13(19)5-6-14(20)21/h5-6,9,11H,4,7-8H2,1-3H3,(H,18,19)(H,20,21)/b6-5+. The smallest absolute Gasteiger partial charge is 0.341 e. The molecule has 1 unspecified atom stereocenters. The summed E-state index contributed by atoms with van der Waals surface area (Å²) >= 11 is 1.25. The van der Waals surface area contributed by atoms with Crippen LogP contribution in [0.3, 0.4) is 0 Å². The molecule has 1 atom stereocenters. The first-order chi connectivity index (χ1) is 11.8. The third-order valence-electron chi connectivity index (χ3n) is 3.76. The molecule has 1 aromatic rings. The third-order valence-corrected chi connectivity index (χ3v) is 4.88. The number of carboxylic acids is 1. The van der Waals surface area contributed by atoms with E-state index < -0.39 is 17.8 Å². The van der Waals surface area contributed by atoms with Crippen molar-refractivity contribution in [1.29, 1.82) is 0 Å². The quantitative estimate of drug-likeness (QED) is 0.592. The Kier molecular flexibility index (Phi) is 6.33. The number of rotatable bonds is 6. The Labute approximate surface area is 149 Å². The summed E-state index contributed by atoms with van der Waals surface area (Å²) in [4.78, 5) is 35.7. The highest BCUT2D eigenvalue weighted by Gasteiger charge is 2.31. The van der Waals surface area contributed by atoms with Gasteiger partial charge < -0.3 is 19.9 Å². The maximum absolute atomic E-state index is 12.4. The summed E-state index contributed by atoms with van der Waals surface area (Å²) in [5.74, 6) is -2.05. The molecule has 1 aliphatic rings. The zero-order chi connectivity index (χ0) is 18.6. The Hall–Kier alpha value is -2.19. The first kappa shape index (κ1) is 19.1. The van der Waals surface area contributed by atoms with Gasteiger partial charge in [-0.05, 0) is 18.4 Å². The molecule has 0 saturated carbocycles. The second kappa shape index (κ2) is 8.26. The molecule has 0 aliphatic carbocycles. The van der Waals surface area contributed by atoms with Crippen molar-refractivity contribution in [2.45, 2.75) is 39.9 Å². The number of amides is 1. The van der Waals surface area contributed by atoms with Crippen LogP contribution >= 0.6 is 11.3 Å². The highest BCUT2D eigenvalue weighted by atomic mass is 32.1. The summed E-state index contributed by atoms with van der Waals surface area (Å²) in [6.07, 6.45) is 2.21. The van der Waals surface area contributed by atoms with Gasteiger partial charge in [-0.1, -0.05) is 13.8 Å². The van der Waals surface area contributed by atoms with E-state index in [1.807, 2.05) is 13.8 Å². The second-order valence-electron chi connectivity index (χ2n) is 5.89. The molecule has 0 bridgehead atoms. The SMILES string of the molecule is CCOC(=O)c1c(NC(=O)/C=C/C(=O)O)sc2c1CC(C(C)C)OC2. The van der Waals surface area contributed by atoms with E-state index in [1.165, 1.54) is 11.3 Å². The maximum atomic E-state index is 12.4. The Bertz CT molecular complexity index is 706. The number of nitrogens with one attached hydrogen (secondary N) is 1. The van der Waals surface area contributed by atoms with Crippen LogP contribution in [-0.2, 0) is 32.1 Å². The van der Waals surface area contributed by atoms with Crippen LogP contribution in [0.15, 0.2) is 12.2 Å². The van der Waals surface area contributed by atoms with Crippen molar-refractivity contribution in [3.8, 4) is 0 Å². The largest absolute Gasteiger partial charge is 0.478 e. The lowest BCUT2D eigenvalue weighted by Crippen LogP contribution is -2.27. The fourth-order valence-corrected chi connectivity index (χ4v) is 3.67. The second-order valence-corrected chi connectivity index (χ2v) is 6.99. The van der Waals surface area contributed by atoms with Crippen LogP contribution in [0.2, 0.25) is 0 Å². The molecule has 8 heteroatoms. The monoisotopic (exact) mass is 367 g/mol. The molecular weight excluding hydrogens is 346 g/mol. The van der Waals surface area contributed by atoms with Gasteiger partial charge in [0.2, 0.25) is 5.91 Å². The first-order valence-corrected chi connectivity index (χ1v) is 8.80. The van der Waals surface area contributed by atoms with Gasteiger partial charge in [0.25, 0.3) is 0 Å². The number of anilines is 1. The number of fused-ring (bicyclic) bond motifs is 1. The average molecular weight is 367 g/mol. The minimum Gasteiger partial charge on any atom is -0.478 e. The van der Waals surface area contributed by atoms with Crippen LogP contribution in [0.25, 0.3) is 0 Å². The lowest BCUT2D eigenvalue weighted by Gasteiger charge is -2.26. The van der Waals surface area contributed by atoms with E-state index in [9.17, 15) is 14.4 Å². The van der Waals surface area contributed by atoms with Gasteiger partial charge in [0.1, 0.15) is 5.00 Å². The topological polar surface area (TPSA) is 102 Å². The molecule has 2 N–H and O–H groups in total. The number of ether oxygens (including phenoxy) is 2. The van der Waals surface area contributed by atoms with E-state index in [-0.39, 0.29) is 12.7 Å². The third kappa shape index (κ3) is 4.67. The van der Waals surface area contributed by atoms with E-state index in [0.29, 0.717) is 29.5 Å². The summed E-state index contributed by atoms with van der Waals surface area (Å²) in [6, 6.07) is 0. The van der Waals surface area contributed by atoms with Crippen molar-refractivity contribution in [2.24, 2.45) is 5.92 Å². The summed E-state index contributed by atoms with van der Waals surface area (Å²) in [5, 5.41) is 11.5. The van der Waals surface area contributed by atoms with Crippen LogP contribution < -0.4 is 5.32 Å². The Morgan fingerprint density at radius 1 is 1.40 bits per heavy atom. The van der Waals surface area contributed by atoms with E-state index in [0.717, 1.165) is 22.6 Å². The lowest BCUT2D eigenvalue weighted by atomic mass is 9.94. The van der Waals surface area contributed by atoms with Gasteiger partial charge in [-0.3, -0.25) is 4.79 Å². The Morgan fingerprint density at radius 3 is 2.72 bits per heavy atom. The van der Waals surface area contributed by atoms with Crippen molar-refractivity contribution in [1.82, 2.24) is 0 Å².